The van der Waals surface area contributed by atoms with Crippen LogP contribution in [0.3, 0.4) is 0 Å². The summed E-state index contributed by atoms with van der Waals surface area (Å²) in [7, 11) is 0. The Bertz CT molecular complexity index is 404. The molecular formula is C14H18N2. The van der Waals surface area contributed by atoms with Crippen molar-refractivity contribution < 1.29 is 0 Å². The number of anilines is 1. The van der Waals surface area contributed by atoms with Gasteiger partial charge in [-0.15, -0.1) is 0 Å². The smallest absolute Gasteiger partial charge is 0.0622 e. The summed E-state index contributed by atoms with van der Waals surface area (Å²) in [6, 6.07) is 8.93. The molecule has 1 aromatic rings. The Morgan fingerprint density at radius 3 is 3.12 bits per heavy atom. The van der Waals surface area contributed by atoms with Crippen LogP contribution in [0.4, 0.5) is 5.69 Å². The Balaban J connectivity index is 2.11. The molecule has 0 unspecified atom stereocenters. The highest BCUT2D eigenvalue weighted by Gasteiger charge is 2.15. The minimum absolute atomic E-state index is 0.664. The van der Waals surface area contributed by atoms with Gasteiger partial charge in [-0.05, 0) is 37.8 Å². The fraction of sp³-hybridized carbons (Fsp3) is 0.500. The largest absolute Gasteiger partial charge is 0.371 e. The van der Waals surface area contributed by atoms with Crippen LogP contribution in [0, 0.1) is 18.3 Å². The fourth-order valence-corrected chi connectivity index (χ4v) is 2.39. The van der Waals surface area contributed by atoms with Crippen LogP contribution < -0.4 is 4.90 Å². The highest BCUT2D eigenvalue weighted by Crippen LogP contribution is 2.27. The van der Waals surface area contributed by atoms with Gasteiger partial charge in [0.25, 0.3) is 0 Å². The molecule has 2 heteroatoms. The average molecular weight is 214 g/mol. The Kier molecular flexibility index (Phi) is 3.46. The summed E-state index contributed by atoms with van der Waals surface area (Å²) < 4.78 is 0. The van der Waals surface area contributed by atoms with Crippen molar-refractivity contribution in [3.05, 3.63) is 29.3 Å². The second-order valence-electron chi connectivity index (χ2n) is 4.48. The van der Waals surface area contributed by atoms with E-state index in [-0.39, 0.29) is 0 Å². The molecule has 0 aliphatic carbocycles. The van der Waals surface area contributed by atoms with E-state index in [1.165, 1.54) is 29.7 Å². The molecule has 16 heavy (non-hydrogen) atoms. The van der Waals surface area contributed by atoms with E-state index in [4.69, 9.17) is 5.26 Å². The van der Waals surface area contributed by atoms with Crippen LogP contribution in [0.25, 0.3) is 0 Å². The van der Waals surface area contributed by atoms with Gasteiger partial charge in [0.05, 0.1) is 6.07 Å². The Labute approximate surface area is 97.5 Å². The molecule has 0 bridgehead atoms. The molecule has 1 heterocycles. The first-order chi connectivity index (χ1) is 7.81. The molecule has 1 aromatic carbocycles. The summed E-state index contributed by atoms with van der Waals surface area (Å²) in [6.45, 7) is 4.31. The lowest BCUT2D eigenvalue weighted by molar-refractivity contribution is 0.669. The predicted molar refractivity (Wildman–Crippen MR) is 66.6 cm³/mol. The molecule has 0 fully saturated rings. The van der Waals surface area contributed by atoms with Gasteiger partial charge in [-0.2, -0.15) is 5.26 Å². The first-order valence-corrected chi connectivity index (χ1v) is 6.02. The number of nitrogens with zero attached hydrogens (tertiary/aromatic N) is 2. The van der Waals surface area contributed by atoms with Crippen LogP contribution in [0.15, 0.2) is 18.2 Å². The quantitative estimate of drug-likeness (QED) is 0.723. The van der Waals surface area contributed by atoms with Crippen molar-refractivity contribution in [2.45, 2.75) is 32.6 Å². The van der Waals surface area contributed by atoms with Gasteiger partial charge in [0.1, 0.15) is 0 Å². The van der Waals surface area contributed by atoms with E-state index in [0.29, 0.717) is 6.42 Å². The molecule has 0 spiro atoms. The van der Waals surface area contributed by atoms with Gasteiger partial charge in [-0.3, -0.25) is 0 Å². The minimum atomic E-state index is 0.664. The zero-order chi connectivity index (χ0) is 11.4. The summed E-state index contributed by atoms with van der Waals surface area (Å²) >= 11 is 0. The Morgan fingerprint density at radius 1 is 1.44 bits per heavy atom. The Morgan fingerprint density at radius 2 is 2.31 bits per heavy atom. The molecule has 0 N–H and O–H groups in total. The fourth-order valence-electron chi connectivity index (χ4n) is 2.39. The summed E-state index contributed by atoms with van der Waals surface area (Å²) in [5, 5.41) is 8.56. The predicted octanol–water partition coefficient (Wildman–Crippen LogP) is 3.05. The number of hydrogen-bond acceptors (Lipinski definition) is 2. The number of benzene rings is 1. The van der Waals surface area contributed by atoms with E-state index in [0.717, 1.165) is 19.5 Å². The molecular weight excluding hydrogens is 196 g/mol. The molecule has 1 aliphatic rings. The Hall–Kier alpha value is -1.49. The second kappa shape index (κ2) is 5.03. The van der Waals surface area contributed by atoms with Crippen LogP contribution in [-0.2, 0) is 6.42 Å². The molecule has 84 valence electrons. The summed E-state index contributed by atoms with van der Waals surface area (Å²) in [4.78, 5) is 2.43. The third-order valence-corrected chi connectivity index (χ3v) is 3.17. The summed E-state index contributed by atoms with van der Waals surface area (Å²) in [5.74, 6) is 0. The molecule has 0 radical (unpaired) electrons. The van der Waals surface area contributed by atoms with Gasteiger partial charge in [0, 0.05) is 25.2 Å². The van der Waals surface area contributed by atoms with Crippen LogP contribution in [0.2, 0.25) is 0 Å². The van der Waals surface area contributed by atoms with Crippen LogP contribution >= 0.6 is 0 Å². The lowest BCUT2D eigenvalue weighted by atomic mass is 9.99. The second-order valence-corrected chi connectivity index (χ2v) is 4.48. The number of nitriles is 1. The monoisotopic (exact) mass is 214 g/mol. The molecule has 0 saturated heterocycles. The van der Waals surface area contributed by atoms with E-state index < -0.39 is 0 Å². The maximum absolute atomic E-state index is 8.56. The van der Waals surface area contributed by atoms with Crippen LogP contribution in [-0.4, -0.2) is 13.1 Å². The van der Waals surface area contributed by atoms with Gasteiger partial charge >= 0.3 is 0 Å². The van der Waals surface area contributed by atoms with E-state index in [1.807, 2.05) is 0 Å². The van der Waals surface area contributed by atoms with Gasteiger partial charge < -0.3 is 4.90 Å². The zero-order valence-electron chi connectivity index (χ0n) is 9.87. The lowest BCUT2D eigenvalue weighted by Crippen LogP contribution is -2.30. The molecule has 1 aliphatic heterocycles. The molecule has 0 aromatic heterocycles. The molecule has 0 saturated carbocycles. The lowest BCUT2D eigenvalue weighted by Gasteiger charge is -2.31. The van der Waals surface area contributed by atoms with Gasteiger partial charge in [-0.1, -0.05) is 17.7 Å². The van der Waals surface area contributed by atoms with Crippen molar-refractivity contribution in [2.24, 2.45) is 0 Å². The van der Waals surface area contributed by atoms with Crippen molar-refractivity contribution in [1.29, 1.82) is 5.26 Å². The number of rotatable bonds is 3. The summed E-state index contributed by atoms with van der Waals surface area (Å²) in [6.07, 6.45) is 4.08. The van der Waals surface area contributed by atoms with Gasteiger partial charge in [0.15, 0.2) is 0 Å². The first-order valence-electron chi connectivity index (χ1n) is 6.02. The van der Waals surface area contributed by atoms with E-state index >= 15 is 0 Å². The maximum Gasteiger partial charge on any atom is 0.0622 e. The molecule has 0 amide bonds. The van der Waals surface area contributed by atoms with E-state index in [2.05, 4.69) is 36.1 Å². The van der Waals surface area contributed by atoms with Crippen LogP contribution in [0.5, 0.6) is 0 Å². The third-order valence-electron chi connectivity index (χ3n) is 3.17. The SMILES string of the molecule is Cc1ccc2c(c1)CCCN2CCCC#N. The van der Waals surface area contributed by atoms with Gasteiger partial charge in [-0.25, -0.2) is 0 Å². The molecule has 2 nitrogen and oxygen atoms in total. The van der Waals surface area contributed by atoms with Gasteiger partial charge in [0.2, 0.25) is 0 Å². The van der Waals surface area contributed by atoms with Crippen molar-refractivity contribution in [1.82, 2.24) is 0 Å². The normalized spacial score (nSPS) is 14.4. The van der Waals surface area contributed by atoms with Crippen molar-refractivity contribution >= 4 is 5.69 Å². The molecule has 0 atom stereocenters. The highest BCUT2D eigenvalue weighted by molar-refractivity contribution is 5.56. The minimum Gasteiger partial charge on any atom is -0.371 e. The topological polar surface area (TPSA) is 27.0 Å². The molecule has 2 rings (SSSR count). The van der Waals surface area contributed by atoms with Crippen molar-refractivity contribution in [2.75, 3.05) is 18.0 Å². The number of hydrogen-bond donors (Lipinski definition) is 0. The number of aryl methyl sites for hydroxylation is 2. The summed E-state index contributed by atoms with van der Waals surface area (Å²) in [5.41, 5.74) is 4.20. The number of unbranched alkanes of at least 4 members (excludes halogenated alkanes) is 1. The standard InChI is InChI=1S/C14H18N2/c1-12-6-7-14-13(11-12)5-4-10-16(14)9-3-2-8-15/h6-7,11H,2-5,9-10H2,1H3. The third kappa shape index (κ3) is 2.36. The average Bonchev–Trinajstić information content (AvgIpc) is 2.29. The maximum atomic E-state index is 8.56. The van der Waals surface area contributed by atoms with E-state index in [9.17, 15) is 0 Å². The highest BCUT2D eigenvalue weighted by atomic mass is 15.1. The van der Waals surface area contributed by atoms with E-state index in [1.54, 1.807) is 0 Å². The number of fused-ring (bicyclic) bond motifs is 1. The zero-order valence-corrected chi connectivity index (χ0v) is 9.87. The first kappa shape index (κ1) is 11.0. The van der Waals surface area contributed by atoms with Crippen molar-refractivity contribution in [3.63, 3.8) is 0 Å². The van der Waals surface area contributed by atoms with Crippen molar-refractivity contribution in [3.8, 4) is 6.07 Å². The van der Waals surface area contributed by atoms with Crippen LogP contribution in [0.1, 0.15) is 30.4 Å².